The molecule has 1 unspecified atom stereocenters. The maximum atomic E-state index is 12.0. The highest BCUT2D eigenvalue weighted by Crippen LogP contribution is 2.27. The van der Waals surface area contributed by atoms with Gasteiger partial charge in [-0.3, -0.25) is 9.59 Å². The standard InChI is InChI=1S/C14H26O6/c1-6-18-12(16)14(5,13(17)19-7-2)8-11(15)9-20-10(3)4/h10-11,15H,6-9H2,1-5H3. The van der Waals surface area contributed by atoms with Gasteiger partial charge < -0.3 is 19.3 Å². The summed E-state index contributed by atoms with van der Waals surface area (Å²) in [6, 6.07) is 0. The van der Waals surface area contributed by atoms with Crippen molar-refractivity contribution in [1.29, 1.82) is 0 Å². The van der Waals surface area contributed by atoms with Crippen molar-refractivity contribution in [2.45, 2.75) is 53.2 Å². The van der Waals surface area contributed by atoms with Gasteiger partial charge in [-0.25, -0.2) is 0 Å². The fraction of sp³-hybridized carbons (Fsp3) is 0.857. The minimum Gasteiger partial charge on any atom is -0.465 e. The molecule has 6 nitrogen and oxygen atoms in total. The lowest BCUT2D eigenvalue weighted by Gasteiger charge is -2.27. The summed E-state index contributed by atoms with van der Waals surface area (Å²) in [7, 11) is 0. The zero-order valence-electron chi connectivity index (χ0n) is 13.0. The van der Waals surface area contributed by atoms with Crippen molar-refractivity contribution in [3.63, 3.8) is 0 Å². The Bertz CT molecular complexity index is 295. The summed E-state index contributed by atoms with van der Waals surface area (Å²) in [5, 5.41) is 9.93. The Morgan fingerprint density at radius 1 is 1.10 bits per heavy atom. The molecule has 0 saturated carbocycles. The van der Waals surface area contributed by atoms with Gasteiger partial charge in [-0.2, -0.15) is 0 Å². The molecular formula is C14H26O6. The fourth-order valence-corrected chi connectivity index (χ4v) is 1.66. The summed E-state index contributed by atoms with van der Waals surface area (Å²) >= 11 is 0. The highest BCUT2D eigenvalue weighted by atomic mass is 16.6. The number of rotatable bonds is 9. The first-order valence-corrected chi connectivity index (χ1v) is 6.92. The number of carbonyl (C=O) groups excluding carboxylic acids is 2. The lowest BCUT2D eigenvalue weighted by molar-refractivity contribution is -0.173. The predicted octanol–water partition coefficient (Wildman–Crippen LogP) is 1.29. The molecular weight excluding hydrogens is 264 g/mol. The first kappa shape index (κ1) is 18.9. The number of esters is 2. The molecule has 0 aromatic carbocycles. The van der Waals surface area contributed by atoms with Gasteiger partial charge in [-0.15, -0.1) is 0 Å². The van der Waals surface area contributed by atoms with Crippen molar-refractivity contribution < 1.29 is 28.9 Å². The highest BCUT2D eigenvalue weighted by Gasteiger charge is 2.45. The summed E-state index contributed by atoms with van der Waals surface area (Å²) in [5.41, 5.74) is -1.52. The molecule has 0 aliphatic heterocycles. The van der Waals surface area contributed by atoms with Crippen LogP contribution in [0.15, 0.2) is 0 Å². The van der Waals surface area contributed by atoms with Crippen LogP contribution in [0.25, 0.3) is 0 Å². The smallest absolute Gasteiger partial charge is 0.323 e. The zero-order chi connectivity index (χ0) is 15.8. The predicted molar refractivity (Wildman–Crippen MR) is 73.1 cm³/mol. The average Bonchev–Trinajstić information content (AvgIpc) is 2.36. The van der Waals surface area contributed by atoms with Crippen LogP contribution in [-0.2, 0) is 23.8 Å². The maximum Gasteiger partial charge on any atom is 0.323 e. The molecule has 0 aromatic rings. The molecule has 0 aliphatic rings. The SMILES string of the molecule is CCOC(=O)C(C)(CC(O)COC(C)C)C(=O)OCC. The normalized spacial score (nSPS) is 13.2. The van der Waals surface area contributed by atoms with E-state index in [1.807, 2.05) is 13.8 Å². The Balaban J connectivity index is 4.84. The van der Waals surface area contributed by atoms with Crippen molar-refractivity contribution in [2.75, 3.05) is 19.8 Å². The monoisotopic (exact) mass is 290 g/mol. The van der Waals surface area contributed by atoms with Gasteiger partial charge in [0.1, 0.15) is 0 Å². The van der Waals surface area contributed by atoms with Gasteiger partial charge in [0.25, 0.3) is 0 Å². The van der Waals surface area contributed by atoms with Crippen LogP contribution in [0.5, 0.6) is 0 Å². The summed E-state index contributed by atoms with van der Waals surface area (Å²) in [6.07, 6.45) is -1.09. The minimum atomic E-state index is -1.52. The third kappa shape index (κ3) is 5.88. The number of aliphatic hydroxyl groups excluding tert-OH is 1. The van der Waals surface area contributed by atoms with E-state index >= 15 is 0 Å². The number of aliphatic hydroxyl groups is 1. The van der Waals surface area contributed by atoms with E-state index in [-0.39, 0.29) is 32.3 Å². The summed E-state index contributed by atoms with van der Waals surface area (Å²) < 4.78 is 15.1. The maximum absolute atomic E-state index is 12.0. The topological polar surface area (TPSA) is 82.1 Å². The van der Waals surface area contributed by atoms with Crippen molar-refractivity contribution in [3.8, 4) is 0 Å². The van der Waals surface area contributed by atoms with Gasteiger partial charge in [-0.1, -0.05) is 0 Å². The van der Waals surface area contributed by atoms with Crippen molar-refractivity contribution in [3.05, 3.63) is 0 Å². The van der Waals surface area contributed by atoms with Crippen LogP contribution in [0.4, 0.5) is 0 Å². The van der Waals surface area contributed by atoms with E-state index in [0.717, 1.165) is 0 Å². The minimum absolute atomic E-state index is 0.0407. The quantitative estimate of drug-likeness (QED) is 0.509. The first-order valence-electron chi connectivity index (χ1n) is 6.92. The van der Waals surface area contributed by atoms with Crippen molar-refractivity contribution in [2.24, 2.45) is 5.41 Å². The second kappa shape index (κ2) is 8.92. The van der Waals surface area contributed by atoms with Crippen LogP contribution in [0.2, 0.25) is 0 Å². The fourth-order valence-electron chi connectivity index (χ4n) is 1.66. The number of hydrogen-bond donors (Lipinski definition) is 1. The van der Waals surface area contributed by atoms with Crippen molar-refractivity contribution in [1.82, 2.24) is 0 Å². The Labute approximate surface area is 120 Å². The van der Waals surface area contributed by atoms with Crippen LogP contribution in [0.1, 0.15) is 41.0 Å². The Hall–Kier alpha value is -1.14. The molecule has 0 aromatic heterocycles. The van der Waals surface area contributed by atoms with Gasteiger partial charge in [0, 0.05) is 6.42 Å². The van der Waals surface area contributed by atoms with Crippen LogP contribution in [0.3, 0.4) is 0 Å². The third-order valence-corrected chi connectivity index (χ3v) is 2.72. The molecule has 1 atom stereocenters. The second-order valence-corrected chi connectivity index (χ2v) is 5.01. The molecule has 6 heteroatoms. The van der Waals surface area contributed by atoms with Gasteiger partial charge >= 0.3 is 11.9 Å². The lowest BCUT2D eigenvalue weighted by Crippen LogP contribution is -2.43. The van der Waals surface area contributed by atoms with Crippen LogP contribution < -0.4 is 0 Å². The largest absolute Gasteiger partial charge is 0.465 e. The van der Waals surface area contributed by atoms with E-state index in [2.05, 4.69) is 0 Å². The Morgan fingerprint density at radius 3 is 1.90 bits per heavy atom. The molecule has 0 radical (unpaired) electrons. The van der Waals surface area contributed by atoms with E-state index in [4.69, 9.17) is 14.2 Å². The highest BCUT2D eigenvalue weighted by molar-refractivity contribution is 5.99. The summed E-state index contributed by atoms with van der Waals surface area (Å²) in [4.78, 5) is 24.0. The third-order valence-electron chi connectivity index (χ3n) is 2.72. The van der Waals surface area contributed by atoms with Gasteiger partial charge in [-0.05, 0) is 34.6 Å². The van der Waals surface area contributed by atoms with Crippen LogP contribution in [0, 0.1) is 5.41 Å². The number of ether oxygens (including phenoxy) is 3. The number of hydrogen-bond acceptors (Lipinski definition) is 6. The molecule has 0 amide bonds. The van der Waals surface area contributed by atoms with Crippen molar-refractivity contribution >= 4 is 11.9 Å². The Kier molecular flexibility index (Phi) is 8.41. The molecule has 118 valence electrons. The average molecular weight is 290 g/mol. The van der Waals surface area contributed by atoms with E-state index in [9.17, 15) is 14.7 Å². The molecule has 0 aliphatic carbocycles. The van der Waals surface area contributed by atoms with Gasteiger partial charge in [0.2, 0.25) is 0 Å². The van der Waals surface area contributed by atoms with E-state index in [1.54, 1.807) is 13.8 Å². The molecule has 20 heavy (non-hydrogen) atoms. The van der Waals surface area contributed by atoms with Crippen LogP contribution >= 0.6 is 0 Å². The zero-order valence-corrected chi connectivity index (χ0v) is 13.0. The van der Waals surface area contributed by atoms with Gasteiger partial charge in [0.15, 0.2) is 5.41 Å². The van der Waals surface area contributed by atoms with E-state index in [0.29, 0.717) is 0 Å². The number of carbonyl (C=O) groups is 2. The lowest BCUT2D eigenvalue weighted by atomic mass is 9.84. The molecule has 0 rings (SSSR count). The molecule has 0 saturated heterocycles. The molecule has 0 bridgehead atoms. The second-order valence-electron chi connectivity index (χ2n) is 5.01. The molecule has 0 fully saturated rings. The first-order chi connectivity index (χ1) is 9.27. The molecule has 0 spiro atoms. The van der Waals surface area contributed by atoms with E-state index in [1.165, 1.54) is 6.92 Å². The molecule has 0 heterocycles. The summed E-state index contributed by atoms with van der Waals surface area (Å²) in [6.45, 7) is 8.77. The van der Waals surface area contributed by atoms with E-state index < -0.39 is 23.5 Å². The Morgan fingerprint density at radius 2 is 1.55 bits per heavy atom. The van der Waals surface area contributed by atoms with Gasteiger partial charge in [0.05, 0.1) is 32.0 Å². The van der Waals surface area contributed by atoms with Crippen LogP contribution in [-0.4, -0.2) is 49.1 Å². The summed E-state index contributed by atoms with van der Waals surface area (Å²) in [5.74, 6) is -1.39. The molecule has 1 N–H and O–H groups in total.